The highest BCUT2D eigenvalue weighted by molar-refractivity contribution is 7.88. The number of fused-ring (bicyclic) bond motifs is 2. The lowest BCUT2D eigenvalue weighted by atomic mass is 10.1. The van der Waals surface area contributed by atoms with E-state index in [4.69, 9.17) is 0 Å². The van der Waals surface area contributed by atoms with E-state index in [1.165, 1.54) is 12.4 Å². The lowest BCUT2D eigenvalue weighted by Gasteiger charge is -2.40. The quantitative estimate of drug-likeness (QED) is 0.739. The lowest BCUT2D eigenvalue weighted by molar-refractivity contribution is -0.263. The van der Waals surface area contributed by atoms with Crippen LogP contribution in [0.15, 0.2) is 39.7 Å². The van der Waals surface area contributed by atoms with Crippen molar-refractivity contribution in [2.75, 3.05) is 26.0 Å². The number of allylic oxidation sites excluding steroid dienone is 1. The second kappa shape index (κ2) is 6.88. The van der Waals surface area contributed by atoms with E-state index in [0.29, 0.717) is 29.5 Å². The molecule has 0 spiro atoms. The second-order valence-corrected chi connectivity index (χ2v) is 8.04. The predicted molar refractivity (Wildman–Crippen MR) is 91.8 cm³/mol. The Bertz CT molecular complexity index is 819. The van der Waals surface area contributed by atoms with Crippen molar-refractivity contribution in [3.63, 3.8) is 0 Å². The highest BCUT2D eigenvalue weighted by Gasteiger charge is 2.37. The van der Waals surface area contributed by atoms with Gasteiger partial charge in [-0.05, 0) is 18.9 Å². The van der Waals surface area contributed by atoms with Crippen LogP contribution in [0.5, 0.6) is 0 Å². The van der Waals surface area contributed by atoms with Gasteiger partial charge in [-0.3, -0.25) is 4.72 Å². The first kappa shape index (κ1) is 18.6. The summed E-state index contributed by atoms with van der Waals surface area (Å²) in [5.41, 5.74) is 2.35. The Morgan fingerprint density at radius 1 is 1.42 bits per heavy atom. The Kier molecular flexibility index (Phi) is 4.93. The van der Waals surface area contributed by atoms with Crippen LogP contribution in [0, 0.1) is 0 Å². The van der Waals surface area contributed by atoms with Crippen LogP contribution in [0.2, 0.25) is 0 Å². The van der Waals surface area contributed by atoms with E-state index in [0.717, 1.165) is 29.9 Å². The van der Waals surface area contributed by atoms with Gasteiger partial charge in [0, 0.05) is 13.1 Å². The average molecular weight is 389 g/mol. The van der Waals surface area contributed by atoms with Gasteiger partial charge in [-0.2, -0.15) is 8.78 Å². The summed E-state index contributed by atoms with van der Waals surface area (Å²) in [5.74, 6) is 0.678. The fraction of sp³-hybridized carbons (Fsp3) is 0.533. The minimum Gasteiger partial charge on any atom is -0.352 e. The van der Waals surface area contributed by atoms with Gasteiger partial charge in [0.2, 0.25) is 10.0 Å². The Labute approximate surface area is 151 Å². The summed E-state index contributed by atoms with van der Waals surface area (Å²) in [6, 6.07) is 0. The third-order valence-electron chi connectivity index (χ3n) is 4.05. The molecule has 26 heavy (non-hydrogen) atoms. The summed E-state index contributed by atoms with van der Waals surface area (Å²) in [7, 11) is -3.49. The van der Waals surface area contributed by atoms with E-state index in [1.807, 2.05) is 13.8 Å². The van der Waals surface area contributed by atoms with Crippen molar-refractivity contribution < 1.29 is 22.0 Å². The summed E-state index contributed by atoms with van der Waals surface area (Å²) in [6.45, 7) is 2.24. The molecule has 0 atom stereocenters. The Hall–Kier alpha value is -2.14. The normalized spacial score (nSPS) is 20.1. The van der Waals surface area contributed by atoms with Gasteiger partial charge in [0.1, 0.15) is 18.2 Å². The van der Waals surface area contributed by atoms with E-state index < -0.39 is 16.6 Å². The molecule has 0 unspecified atom stereocenters. The van der Waals surface area contributed by atoms with Gasteiger partial charge in [0.25, 0.3) is 0 Å². The van der Waals surface area contributed by atoms with Gasteiger partial charge >= 0.3 is 6.61 Å². The minimum absolute atomic E-state index is 0.0654. The fourth-order valence-corrected chi connectivity index (χ4v) is 3.81. The highest BCUT2D eigenvalue weighted by atomic mass is 32.2. The number of hydrogen-bond acceptors (Lipinski definition) is 7. The van der Waals surface area contributed by atoms with Crippen molar-refractivity contribution in [3.8, 4) is 0 Å². The first-order valence-corrected chi connectivity index (χ1v) is 10.0. The van der Waals surface area contributed by atoms with E-state index in [9.17, 15) is 17.2 Å². The molecule has 11 heteroatoms. The largest absolute Gasteiger partial charge is 0.365 e. The molecule has 3 aliphatic heterocycles. The number of halogens is 2. The van der Waals surface area contributed by atoms with Gasteiger partial charge in [-0.25, -0.2) is 23.3 Å². The maximum absolute atomic E-state index is 12.5. The smallest absolute Gasteiger partial charge is 0.352 e. The topological polar surface area (TPSA) is 77.5 Å². The molecule has 0 aromatic rings. The molecule has 1 N–H and O–H groups in total. The van der Waals surface area contributed by atoms with Crippen LogP contribution in [0.1, 0.15) is 20.3 Å². The summed E-state index contributed by atoms with van der Waals surface area (Å²) in [5, 5.41) is 1.04. The van der Waals surface area contributed by atoms with E-state index in [-0.39, 0.29) is 6.67 Å². The van der Waals surface area contributed by atoms with Crippen LogP contribution >= 0.6 is 0 Å². The number of aliphatic imine (C=N–C) groups is 1. The van der Waals surface area contributed by atoms with Crippen molar-refractivity contribution >= 4 is 16.2 Å². The van der Waals surface area contributed by atoms with E-state index in [2.05, 4.69) is 19.5 Å². The molecule has 0 radical (unpaired) electrons. The van der Waals surface area contributed by atoms with Crippen LogP contribution in [0.3, 0.4) is 0 Å². The number of alkyl halides is 2. The third kappa shape index (κ3) is 3.68. The molecule has 3 aliphatic rings. The molecule has 0 fully saturated rings. The molecule has 0 aromatic carbocycles. The summed E-state index contributed by atoms with van der Waals surface area (Å²) >= 11 is 0. The van der Waals surface area contributed by atoms with Gasteiger partial charge in [-0.15, -0.1) is 0 Å². The minimum atomic E-state index is -3.49. The average Bonchev–Trinajstić information content (AvgIpc) is 2.91. The first-order chi connectivity index (χ1) is 12.2. The molecule has 0 amide bonds. The van der Waals surface area contributed by atoms with Crippen molar-refractivity contribution in [3.05, 3.63) is 34.7 Å². The molecule has 0 saturated carbocycles. The monoisotopic (exact) mass is 389 g/mol. The summed E-state index contributed by atoms with van der Waals surface area (Å²) in [4.78, 5) is 12.7. The number of rotatable bonds is 6. The van der Waals surface area contributed by atoms with Crippen LogP contribution in [-0.4, -0.2) is 62.1 Å². The van der Waals surface area contributed by atoms with Gasteiger partial charge in [0.15, 0.2) is 0 Å². The van der Waals surface area contributed by atoms with Crippen LogP contribution in [0.25, 0.3) is 0 Å². The number of nitrogens with zero attached hydrogens (tertiary/aromatic N) is 4. The Morgan fingerprint density at radius 2 is 2.15 bits per heavy atom. The van der Waals surface area contributed by atoms with Gasteiger partial charge < -0.3 is 9.80 Å². The van der Waals surface area contributed by atoms with E-state index >= 15 is 0 Å². The predicted octanol–water partition coefficient (Wildman–Crippen LogP) is 1.36. The number of sulfonamides is 1. The molecule has 3 heterocycles. The van der Waals surface area contributed by atoms with Crippen molar-refractivity contribution in [2.45, 2.75) is 26.9 Å². The van der Waals surface area contributed by atoms with Crippen molar-refractivity contribution in [1.29, 1.82) is 0 Å². The maximum Gasteiger partial charge on any atom is 0.365 e. The number of hydrogen-bond donors (Lipinski definition) is 1. The molecule has 8 nitrogen and oxygen atoms in total. The van der Waals surface area contributed by atoms with Crippen molar-refractivity contribution in [1.82, 2.24) is 19.6 Å². The molecular weight excluding hydrogens is 368 g/mol. The third-order valence-corrected chi connectivity index (χ3v) is 4.62. The standard InChI is InChI=1S/C15H21F2N5O3S/c1-4-5-20-7-10(2)12(19-26(3,23)24)13-14(20)22-9-21(25-15(16)17)8-11(22)6-18-13/h6,8,15,19H,4-5,7,9H2,1-3H3. The molecule has 0 aromatic heterocycles. The fourth-order valence-electron chi connectivity index (χ4n) is 3.17. The zero-order valence-electron chi connectivity index (χ0n) is 14.7. The van der Waals surface area contributed by atoms with Gasteiger partial charge in [-0.1, -0.05) is 6.92 Å². The lowest BCUT2D eigenvalue weighted by Crippen LogP contribution is -2.44. The number of hydroxylamine groups is 2. The zero-order valence-corrected chi connectivity index (χ0v) is 15.6. The second-order valence-electron chi connectivity index (χ2n) is 6.29. The number of nitrogens with one attached hydrogen (secondary N) is 1. The van der Waals surface area contributed by atoms with Crippen LogP contribution in [-0.2, 0) is 14.9 Å². The Balaban J connectivity index is 2.00. The molecule has 0 saturated heterocycles. The molecule has 3 rings (SSSR count). The SMILES string of the molecule is CCCN1CC(C)=C(NS(C)(=O)=O)C2=C1N1CN(OC(F)F)C=C1C=N2. The molecular formula is C15H21F2N5O3S. The highest BCUT2D eigenvalue weighted by Crippen LogP contribution is 2.36. The first-order valence-electron chi connectivity index (χ1n) is 8.11. The van der Waals surface area contributed by atoms with Crippen molar-refractivity contribution in [2.24, 2.45) is 4.99 Å². The molecule has 0 aliphatic carbocycles. The molecule has 0 bridgehead atoms. The van der Waals surface area contributed by atoms with Gasteiger partial charge in [0.05, 0.1) is 30.1 Å². The van der Waals surface area contributed by atoms with Crippen LogP contribution in [0.4, 0.5) is 8.78 Å². The maximum atomic E-state index is 12.5. The van der Waals surface area contributed by atoms with E-state index in [1.54, 1.807) is 4.90 Å². The molecule has 144 valence electrons. The summed E-state index contributed by atoms with van der Waals surface area (Å²) < 4.78 is 51.1. The zero-order chi connectivity index (χ0) is 19.1. The Morgan fingerprint density at radius 3 is 2.77 bits per heavy atom. The summed E-state index contributed by atoms with van der Waals surface area (Å²) in [6.07, 6.45) is 4.91. The van der Waals surface area contributed by atoms with Crippen LogP contribution < -0.4 is 4.72 Å².